The van der Waals surface area contributed by atoms with Crippen LogP contribution in [0.3, 0.4) is 0 Å². The molecular formula is C13H19N3O4S. The van der Waals surface area contributed by atoms with E-state index in [4.69, 9.17) is 0 Å². The van der Waals surface area contributed by atoms with E-state index in [-0.39, 0.29) is 28.3 Å². The molecule has 0 aromatic carbocycles. The number of thioether (sulfide) groups is 1. The Morgan fingerprint density at radius 1 is 1.48 bits per heavy atom. The molecule has 1 amide bonds. The molecule has 0 unspecified atom stereocenters. The first-order chi connectivity index (χ1) is 9.88. The maximum Gasteiger partial charge on any atom is 0.346 e. The number of nitrogens with one attached hydrogen (secondary N) is 2. The summed E-state index contributed by atoms with van der Waals surface area (Å²) in [5.74, 6) is -0.699. The Morgan fingerprint density at radius 2 is 2.14 bits per heavy atom. The van der Waals surface area contributed by atoms with E-state index in [1.807, 2.05) is 13.8 Å². The topological polar surface area (TPSA) is 101 Å². The van der Waals surface area contributed by atoms with Gasteiger partial charge in [0.05, 0.1) is 12.9 Å². The van der Waals surface area contributed by atoms with Crippen molar-refractivity contribution >= 4 is 23.6 Å². The highest BCUT2D eigenvalue weighted by atomic mass is 32.2. The molecule has 1 atom stereocenters. The average Bonchev–Trinajstić information content (AvgIpc) is 2.43. The minimum Gasteiger partial charge on any atom is -0.465 e. The number of hydrogen-bond acceptors (Lipinski definition) is 6. The number of H-pyrrole nitrogens is 1. The maximum atomic E-state index is 11.7. The first-order valence-corrected chi connectivity index (χ1v) is 7.49. The molecule has 1 aromatic heterocycles. The normalized spacial score (nSPS) is 11.8. The van der Waals surface area contributed by atoms with E-state index in [0.29, 0.717) is 5.69 Å². The summed E-state index contributed by atoms with van der Waals surface area (Å²) in [5, 5.41) is 3.00. The fourth-order valence-corrected chi connectivity index (χ4v) is 2.44. The van der Waals surface area contributed by atoms with E-state index in [9.17, 15) is 14.4 Å². The highest BCUT2D eigenvalue weighted by Gasteiger charge is 2.19. The summed E-state index contributed by atoms with van der Waals surface area (Å²) in [7, 11) is 1.25. The van der Waals surface area contributed by atoms with Crippen molar-refractivity contribution in [3.05, 3.63) is 21.7 Å². The van der Waals surface area contributed by atoms with Gasteiger partial charge in [-0.3, -0.25) is 4.79 Å². The standard InChI is InChI=1S/C13H19N3O4S/c1-5-7(2)14-9(17)6-21-11-10(12(18)20-4)8(3)15-13(19)16-11/h7H,5-6H2,1-4H3,(H,14,17)(H,15,16,19)/t7-/m0/s1. The lowest BCUT2D eigenvalue weighted by atomic mass is 10.2. The van der Waals surface area contributed by atoms with Crippen molar-refractivity contribution in [2.45, 2.75) is 38.3 Å². The van der Waals surface area contributed by atoms with Gasteiger partial charge < -0.3 is 15.0 Å². The number of methoxy groups -OCH3 is 1. The Kier molecular flexibility index (Phi) is 6.41. The minimum atomic E-state index is -0.596. The van der Waals surface area contributed by atoms with Crippen LogP contribution in [0.5, 0.6) is 0 Å². The number of nitrogens with zero attached hydrogens (tertiary/aromatic N) is 1. The quantitative estimate of drug-likeness (QED) is 0.459. The molecule has 1 heterocycles. The van der Waals surface area contributed by atoms with Gasteiger partial charge in [0.25, 0.3) is 0 Å². The van der Waals surface area contributed by atoms with Gasteiger partial charge in [-0.1, -0.05) is 18.7 Å². The Labute approximate surface area is 126 Å². The molecule has 0 bridgehead atoms. The van der Waals surface area contributed by atoms with E-state index in [1.165, 1.54) is 7.11 Å². The Morgan fingerprint density at radius 3 is 2.71 bits per heavy atom. The van der Waals surface area contributed by atoms with Crippen LogP contribution in [0.15, 0.2) is 9.82 Å². The third kappa shape index (κ3) is 4.89. The number of carbonyl (C=O) groups excluding carboxylic acids is 2. The number of aromatic nitrogens is 2. The van der Waals surface area contributed by atoms with Crippen molar-refractivity contribution in [1.82, 2.24) is 15.3 Å². The van der Waals surface area contributed by atoms with Crippen LogP contribution in [0, 0.1) is 6.92 Å². The summed E-state index contributed by atoms with van der Waals surface area (Å²) in [4.78, 5) is 41.1. The number of aryl methyl sites for hydroxylation is 1. The van der Waals surface area contributed by atoms with E-state index in [2.05, 4.69) is 20.0 Å². The van der Waals surface area contributed by atoms with Gasteiger partial charge in [-0.15, -0.1) is 0 Å². The zero-order valence-corrected chi connectivity index (χ0v) is 13.3. The van der Waals surface area contributed by atoms with Crippen LogP contribution >= 0.6 is 11.8 Å². The van der Waals surface area contributed by atoms with E-state index in [0.717, 1.165) is 18.2 Å². The van der Waals surface area contributed by atoms with E-state index >= 15 is 0 Å². The van der Waals surface area contributed by atoms with Crippen LogP contribution in [0.2, 0.25) is 0 Å². The predicted molar refractivity (Wildman–Crippen MR) is 79.6 cm³/mol. The largest absolute Gasteiger partial charge is 0.465 e. The van der Waals surface area contributed by atoms with E-state index in [1.54, 1.807) is 6.92 Å². The first kappa shape index (κ1) is 17.2. The van der Waals surface area contributed by atoms with Gasteiger partial charge in [0, 0.05) is 11.7 Å². The molecule has 1 rings (SSSR count). The van der Waals surface area contributed by atoms with Gasteiger partial charge >= 0.3 is 11.7 Å². The van der Waals surface area contributed by atoms with Crippen molar-refractivity contribution in [2.75, 3.05) is 12.9 Å². The monoisotopic (exact) mass is 313 g/mol. The molecule has 116 valence electrons. The smallest absolute Gasteiger partial charge is 0.346 e. The van der Waals surface area contributed by atoms with Gasteiger partial charge in [-0.2, -0.15) is 4.98 Å². The van der Waals surface area contributed by atoms with E-state index < -0.39 is 11.7 Å². The Bertz CT molecular complexity index is 585. The molecule has 0 spiro atoms. The van der Waals surface area contributed by atoms with Gasteiger partial charge in [0.2, 0.25) is 5.91 Å². The van der Waals surface area contributed by atoms with Crippen LogP contribution in [-0.2, 0) is 9.53 Å². The Balaban J connectivity index is 2.90. The summed E-state index contributed by atoms with van der Waals surface area (Å²) in [6.45, 7) is 5.45. The molecule has 7 nitrogen and oxygen atoms in total. The Hall–Kier alpha value is -1.83. The number of aromatic amines is 1. The van der Waals surface area contributed by atoms with Gasteiger partial charge in [-0.05, 0) is 20.3 Å². The molecule has 0 fully saturated rings. The first-order valence-electron chi connectivity index (χ1n) is 6.50. The summed E-state index contributed by atoms with van der Waals surface area (Å²) in [6.07, 6.45) is 0.826. The molecule has 0 aliphatic carbocycles. The molecule has 1 aromatic rings. The van der Waals surface area contributed by atoms with Gasteiger partial charge in [0.15, 0.2) is 0 Å². The second-order valence-electron chi connectivity index (χ2n) is 4.50. The van der Waals surface area contributed by atoms with Gasteiger partial charge in [0.1, 0.15) is 10.6 Å². The fraction of sp³-hybridized carbons (Fsp3) is 0.538. The molecular weight excluding hydrogens is 294 g/mol. The van der Waals surface area contributed by atoms with Crippen LogP contribution in [0.4, 0.5) is 0 Å². The number of ether oxygens (including phenoxy) is 1. The third-order valence-electron chi connectivity index (χ3n) is 2.84. The zero-order chi connectivity index (χ0) is 16.0. The van der Waals surface area contributed by atoms with Crippen LogP contribution in [0.25, 0.3) is 0 Å². The van der Waals surface area contributed by atoms with Crippen molar-refractivity contribution in [3.8, 4) is 0 Å². The maximum absolute atomic E-state index is 11.7. The lowest BCUT2D eigenvalue weighted by Gasteiger charge is -2.12. The summed E-state index contributed by atoms with van der Waals surface area (Å²) in [6, 6.07) is 0.0760. The zero-order valence-electron chi connectivity index (χ0n) is 12.5. The number of esters is 1. The average molecular weight is 313 g/mol. The third-order valence-corrected chi connectivity index (χ3v) is 3.81. The highest BCUT2D eigenvalue weighted by Crippen LogP contribution is 2.21. The number of rotatable bonds is 6. The SMILES string of the molecule is CC[C@H](C)NC(=O)CSc1nc(=O)[nH]c(C)c1C(=O)OC. The van der Waals surface area contributed by atoms with Crippen molar-refractivity contribution < 1.29 is 14.3 Å². The van der Waals surface area contributed by atoms with Crippen molar-refractivity contribution in [3.63, 3.8) is 0 Å². The summed E-state index contributed by atoms with van der Waals surface area (Å²) < 4.78 is 4.67. The number of amides is 1. The van der Waals surface area contributed by atoms with Crippen LogP contribution in [0.1, 0.15) is 36.3 Å². The second-order valence-corrected chi connectivity index (χ2v) is 5.47. The highest BCUT2D eigenvalue weighted by molar-refractivity contribution is 8.00. The fourth-order valence-electron chi connectivity index (χ4n) is 1.56. The molecule has 0 saturated heterocycles. The lowest BCUT2D eigenvalue weighted by Crippen LogP contribution is -2.33. The minimum absolute atomic E-state index is 0.0736. The van der Waals surface area contributed by atoms with Gasteiger partial charge in [-0.25, -0.2) is 9.59 Å². The summed E-state index contributed by atoms with van der Waals surface area (Å²) in [5.41, 5.74) is -0.0184. The molecule has 21 heavy (non-hydrogen) atoms. The molecule has 0 aliphatic rings. The molecule has 0 radical (unpaired) electrons. The molecule has 0 saturated carbocycles. The van der Waals surface area contributed by atoms with Crippen molar-refractivity contribution in [2.24, 2.45) is 0 Å². The van der Waals surface area contributed by atoms with Crippen LogP contribution < -0.4 is 11.0 Å². The number of hydrogen-bond donors (Lipinski definition) is 2. The summed E-state index contributed by atoms with van der Waals surface area (Å²) >= 11 is 1.04. The van der Waals surface area contributed by atoms with Crippen LogP contribution in [-0.4, -0.2) is 40.7 Å². The molecule has 0 aliphatic heterocycles. The second kappa shape index (κ2) is 7.82. The lowest BCUT2D eigenvalue weighted by molar-refractivity contribution is -0.119. The molecule has 2 N–H and O–H groups in total. The molecule has 8 heteroatoms. The number of carbonyl (C=O) groups is 2. The van der Waals surface area contributed by atoms with Crippen molar-refractivity contribution in [1.29, 1.82) is 0 Å². The predicted octanol–water partition coefficient (Wildman–Crippen LogP) is 0.872.